The summed E-state index contributed by atoms with van der Waals surface area (Å²) < 4.78 is 0. The zero-order valence-corrected chi connectivity index (χ0v) is 11.7. The van der Waals surface area contributed by atoms with Crippen LogP contribution in [0.4, 0.5) is 0 Å². The molecule has 0 radical (unpaired) electrons. The molecule has 0 aromatic carbocycles. The zero-order chi connectivity index (χ0) is 13.0. The van der Waals surface area contributed by atoms with Gasteiger partial charge in [0.25, 0.3) is 0 Å². The van der Waals surface area contributed by atoms with Gasteiger partial charge in [-0.25, -0.2) is 0 Å². The van der Waals surface area contributed by atoms with Crippen molar-refractivity contribution in [3.8, 4) is 0 Å². The molecule has 106 valence electrons. The fourth-order valence-electron chi connectivity index (χ4n) is 3.53. The van der Waals surface area contributed by atoms with Crippen molar-refractivity contribution in [2.75, 3.05) is 19.6 Å². The predicted molar refractivity (Wildman–Crippen MR) is 73.4 cm³/mol. The molecule has 0 bridgehead atoms. The Kier molecular flexibility index (Phi) is 5.46. The fourth-order valence-corrected chi connectivity index (χ4v) is 3.53. The summed E-state index contributed by atoms with van der Waals surface area (Å²) in [5, 5.41) is 19.8. The summed E-state index contributed by atoms with van der Waals surface area (Å²) in [5.74, 6) is 0.968. The number of hydrogen-bond acceptors (Lipinski definition) is 3. The van der Waals surface area contributed by atoms with Crippen LogP contribution in [0.2, 0.25) is 0 Å². The highest BCUT2D eigenvalue weighted by molar-refractivity contribution is 4.80. The Morgan fingerprint density at radius 3 is 2.39 bits per heavy atom. The van der Waals surface area contributed by atoms with Crippen LogP contribution in [0.5, 0.6) is 0 Å². The normalized spacial score (nSPS) is 34.2. The van der Waals surface area contributed by atoms with E-state index in [1.165, 1.54) is 25.7 Å². The third-order valence-corrected chi connectivity index (χ3v) is 4.93. The van der Waals surface area contributed by atoms with Gasteiger partial charge in [-0.05, 0) is 57.5 Å². The lowest BCUT2D eigenvalue weighted by molar-refractivity contribution is 0.0400. The van der Waals surface area contributed by atoms with Crippen LogP contribution in [0.1, 0.15) is 51.9 Å². The molecular weight excluding hydrogens is 226 g/mol. The molecule has 3 heteroatoms. The van der Waals surface area contributed by atoms with E-state index < -0.39 is 0 Å². The van der Waals surface area contributed by atoms with E-state index in [1.54, 1.807) is 0 Å². The van der Waals surface area contributed by atoms with Gasteiger partial charge in [0.15, 0.2) is 0 Å². The van der Waals surface area contributed by atoms with Crippen molar-refractivity contribution in [1.82, 2.24) is 4.90 Å². The summed E-state index contributed by atoms with van der Waals surface area (Å²) in [7, 11) is 0. The van der Waals surface area contributed by atoms with Crippen molar-refractivity contribution in [3.05, 3.63) is 0 Å². The molecule has 3 unspecified atom stereocenters. The summed E-state index contributed by atoms with van der Waals surface area (Å²) in [5.41, 5.74) is 0. The minimum absolute atomic E-state index is 0.0815. The second-order valence-corrected chi connectivity index (χ2v) is 6.34. The molecule has 2 rings (SSSR count). The summed E-state index contributed by atoms with van der Waals surface area (Å²) in [4.78, 5) is 2.50. The molecule has 3 atom stereocenters. The van der Waals surface area contributed by atoms with Crippen molar-refractivity contribution in [3.63, 3.8) is 0 Å². The molecule has 1 aliphatic heterocycles. The van der Waals surface area contributed by atoms with Crippen molar-refractivity contribution in [2.45, 2.75) is 64.1 Å². The first-order valence-corrected chi connectivity index (χ1v) is 7.75. The largest absolute Gasteiger partial charge is 0.393 e. The molecule has 0 spiro atoms. The molecule has 1 heterocycles. The second-order valence-electron chi connectivity index (χ2n) is 6.34. The van der Waals surface area contributed by atoms with Crippen LogP contribution in [-0.4, -0.2) is 47.0 Å². The number of nitrogens with zero attached hydrogens (tertiary/aromatic N) is 1. The molecule has 2 fully saturated rings. The average molecular weight is 255 g/mol. The first-order chi connectivity index (χ1) is 8.66. The van der Waals surface area contributed by atoms with E-state index in [-0.39, 0.29) is 12.2 Å². The van der Waals surface area contributed by atoms with Crippen LogP contribution >= 0.6 is 0 Å². The molecule has 1 saturated heterocycles. The van der Waals surface area contributed by atoms with E-state index in [2.05, 4.69) is 4.90 Å². The Hall–Kier alpha value is -0.120. The van der Waals surface area contributed by atoms with Gasteiger partial charge < -0.3 is 15.1 Å². The van der Waals surface area contributed by atoms with Crippen LogP contribution in [0.25, 0.3) is 0 Å². The third kappa shape index (κ3) is 3.94. The van der Waals surface area contributed by atoms with Gasteiger partial charge >= 0.3 is 0 Å². The van der Waals surface area contributed by atoms with Crippen LogP contribution in [0.3, 0.4) is 0 Å². The summed E-state index contributed by atoms with van der Waals surface area (Å²) in [6.07, 6.45) is 7.94. The van der Waals surface area contributed by atoms with Crippen molar-refractivity contribution >= 4 is 0 Å². The Morgan fingerprint density at radius 1 is 1.06 bits per heavy atom. The molecular formula is C15H29NO2. The molecule has 0 aromatic heterocycles. The molecule has 1 saturated carbocycles. The molecule has 2 N–H and O–H groups in total. The molecule has 0 amide bonds. The van der Waals surface area contributed by atoms with Gasteiger partial charge in [0.2, 0.25) is 0 Å². The van der Waals surface area contributed by atoms with Gasteiger partial charge in [0.1, 0.15) is 0 Å². The van der Waals surface area contributed by atoms with Crippen molar-refractivity contribution < 1.29 is 10.2 Å². The van der Waals surface area contributed by atoms with E-state index in [4.69, 9.17) is 0 Å². The second kappa shape index (κ2) is 6.88. The molecule has 3 nitrogen and oxygen atoms in total. The summed E-state index contributed by atoms with van der Waals surface area (Å²) >= 11 is 0. The summed E-state index contributed by atoms with van der Waals surface area (Å²) in [6, 6.07) is 0. The Bertz CT molecular complexity index is 237. The monoisotopic (exact) mass is 255 g/mol. The Morgan fingerprint density at radius 2 is 1.72 bits per heavy atom. The average Bonchev–Trinajstić information content (AvgIpc) is 2.56. The predicted octanol–water partition coefficient (Wildman–Crippen LogP) is 2.02. The number of aliphatic hydroxyl groups is 2. The van der Waals surface area contributed by atoms with Crippen molar-refractivity contribution in [2.24, 2.45) is 11.8 Å². The Balaban J connectivity index is 1.76. The van der Waals surface area contributed by atoms with Gasteiger partial charge in [-0.1, -0.05) is 19.3 Å². The lowest BCUT2D eigenvalue weighted by atomic mass is 9.90. The first kappa shape index (κ1) is 14.3. The number of hydrogen-bond donors (Lipinski definition) is 2. The summed E-state index contributed by atoms with van der Waals surface area (Å²) in [6.45, 7) is 5.17. The lowest BCUT2D eigenvalue weighted by Gasteiger charge is -2.36. The topological polar surface area (TPSA) is 43.7 Å². The maximum absolute atomic E-state index is 10.2. The SMILES string of the molecule is CC(O)C1CCN(CC2CCCCCC2O)CC1. The molecule has 18 heavy (non-hydrogen) atoms. The van der Waals surface area contributed by atoms with Crippen LogP contribution in [0.15, 0.2) is 0 Å². The molecule has 0 aromatic rings. The minimum Gasteiger partial charge on any atom is -0.393 e. The van der Waals surface area contributed by atoms with E-state index in [9.17, 15) is 10.2 Å². The van der Waals surface area contributed by atoms with Crippen LogP contribution in [-0.2, 0) is 0 Å². The van der Waals surface area contributed by atoms with Crippen LogP contribution in [0, 0.1) is 11.8 Å². The van der Waals surface area contributed by atoms with E-state index >= 15 is 0 Å². The maximum atomic E-state index is 10.2. The highest BCUT2D eigenvalue weighted by Gasteiger charge is 2.27. The van der Waals surface area contributed by atoms with Gasteiger partial charge in [-0.2, -0.15) is 0 Å². The molecule has 1 aliphatic carbocycles. The number of aliphatic hydroxyl groups excluding tert-OH is 2. The quantitative estimate of drug-likeness (QED) is 0.758. The zero-order valence-electron chi connectivity index (χ0n) is 11.7. The fraction of sp³-hybridized carbons (Fsp3) is 1.00. The third-order valence-electron chi connectivity index (χ3n) is 4.93. The highest BCUT2D eigenvalue weighted by atomic mass is 16.3. The lowest BCUT2D eigenvalue weighted by Crippen LogP contribution is -2.41. The Labute approximate surface area is 111 Å². The number of piperidine rings is 1. The van der Waals surface area contributed by atoms with E-state index in [0.29, 0.717) is 11.8 Å². The standard InChI is InChI=1S/C15H29NO2/c1-12(17)13-7-9-16(10-8-13)11-14-5-3-2-4-6-15(14)18/h12-15,17-18H,2-11H2,1H3. The van der Waals surface area contributed by atoms with E-state index in [0.717, 1.165) is 38.9 Å². The number of likely N-dealkylation sites (tertiary alicyclic amines) is 1. The molecule has 2 aliphatic rings. The first-order valence-electron chi connectivity index (χ1n) is 7.75. The minimum atomic E-state index is -0.157. The van der Waals surface area contributed by atoms with Gasteiger partial charge in [-0.3, -0.25) is 0 Å². The van der Waals surface area contributed by atoms with Crippen molar-refractivity contribution in [1.29, 1.82) is 0 Å². The van der Waals surface area contributed by atoms with Crippen LogP contribution < -0.4 is 0 Å². The van der Waals surface area contributed by atoms with E-state index in [1.807, 2.05) is 6.92 Å². The number of rotatable bonds is 3. The van der Waals surface area contributed by atoms with Gasteiger partial charge in [0.05, 0.1) is 12.2 Å². The highest BCUT2D eigenvalue weighted by Crippen LogP contribution is 2.27. The maximum Gasteiger partial charge on any atom is 0.0580 e. The van der Waals surface area contributed by atoms with Gasteiger partial charge in [-0.15, -0.1) is 0 Å². The smallest absolute Gasteiger partial charge is 0.0580 e. The van der Waals surface area contributed by atoms with Gasteiger partial charge in [0, 0.05) is 6.54 Å².